The van der Waals surface area contributed by atoms with E-state index in [1.807, 2.05) is 6.08 Å². The van der Waals surface area contributed by atoms with Gasteiger partial charge in [-0.05, 0) is 19.3 Å². The van der Waals surface area contributed by atoms with E-state index in [2.05, 4.69) is 6.08 Å². The van der Waals surface area contributed by atoms with Crippen LogP contribution in [0, 0.1) is 0 Å². The van der Waals surface area contributed by atoms with Gasteiger partial charge in [0.25, 0.3) is 0 Å². The predicted molar refractivity (Wildman–Crippen MR) is 61.3 cm³/mol. The zero-order valence-corrected chi connectivity index (χ0v) is 9.25. The van der Waals surface area contributed by atoms with Crippen LogP contribution in [0.4, 0.5) is 0 Å². The molecule has 0 aromatic heterocycles. The smallest absolute Gasteiger partial charge is 0.0720 e. The third-order valence-corrected chi connectivity index (χ3v) is 2.98. The molecule has 0 spiro atoms. The molecule has 1 N–H and O–H groups in total. The van der Waals surface area contributed by atoms with Crippen LogP contribution in [0.3, 0.4) is 0 Å². The maximum Gasteiger partial charge on any atom is 0.0720 e. The summed E-state index contributed by atoms with van der Waals surface area (Å²) in [6.07, 6.45) is 16.8. The molecule has 82 valence electrons. The number of hydrogen-bond acceptors (Lipinski definition) is 1. The van der Waals surface area contributed by atoms with Crippen LogP contribution in [0.1, 0.15) is 64.2 Å². The van der Waals surface area contributed by atoms with E-state index >= 15 is 0 Å². The van der Waals surface area contributed by atoms with Gasteiger partial charge in [-0.25, -0.2) is 0 Å². The summed E-state index contributed by atoms with van der Waals surface area (Å²) in [6, 6.07) is 0. The Hall–Kier alpha value is -0.300. The Morgan fingerprint density at radius 3 is 2.07 bits per heavy atom. The molecule has 0 saturated carbocycles. The molecule has 1 unspecified atom stereocenters. The van der Waals surface area contributed by atoms with E-state index in [0.717, 1.165) is 12.8 Å². The molecule has 1 rings (SSSR count). The molecule has 0 bridgehead atoms. The van der Waals surface area contributed by atoms with Gasteiger partial charge >= 0.3 is 0 Å². The van der Waals surface area contributed by atoms with Gasteiger partial charge in [-0.1, -0.05) is 57.1 Å². The molecule has 0 heterocycles. The Kier molecular flexibility index (Phi) is 6.77. The van der Waals surface area contributed by atoms with E-state index in [-0.39, 0.29) is 6.10 Å². The summed E-state index contributed by atoms with van der Waals surface area (Å²) in [5, 5.41) is 9.58. The van der Waals surface area contributed by atoms with Crippen molar-refractivity contribution in [1.82, 2.24) is 0 Å². The van der Waals surface area contributed by atoms with Crippen molar-refractivity contribution >= 4 is 0 Å². The number of aliphatic hydroxyl groups excluding tert-OH is 1. The lowest BCUT2D eigenvalue weighted by molar-refractivity contribution is 0.207. The maximum atomic E-state index is 9.58. The third-order valence-electron chi connectivity index (χ3n) is 2.98. The summed E-state index contributed by atoms with van der Waals surface area (Å²) >= 11 is 0. The van der Waals surface area contributed by atoms with E-state index in [9.17, 15) is 5.11 Å². The molecule has 1 atom stereocenters. The topological polar surface area (TPSA) is 20.2 Å². The molecule has 0 fully saturated rings. The van der Waals surface area contributed by atoms with Crippen LogP contribution in [-0.2, 0) is 0 Å². The Balaban J connectivity index is 2.21. The van der Waals surface area contributed by atoms with Gasteiger partial charge in [0.15, 0.2) is 0 Å². The summed E-state index contributed by atoms with van der Waals surface area (Å²) in [5.41, 5.74) is 0. The number of hydrogen-bond donors (Lipinski definition) is 1. The fourth-order valence-electron chi connectivity index (χ4n) is 2.03. The second-order valence-electron chi connectivity index (χ2n) is 4.40. The lowest BCUT2D eigenvalue weighted by atomic mass is 10.1. The standard InChI is InChI=1S/C13H24O/c14-13-11-9-7-5-3-1-2-4-6-8-10-12-13/h9,11,13-14H,1-8,10,12H2. The molecule has 1 heteroatoms. The van der Waals surface area contributed by atoms with Gasteiger partial charge in [-0.15, -0.1) is 0 Å². The summed E-state index contributed by atoms with van der Waals surface area (Å²) < 4.78 is 0. The van der Waals surface area contributed by atoms with Crippen LogP contribution >= 0.6 is 0 Å². The quantitative estimate of drug-likeness (QED) is 0.584. The number of rotatable bonds is 0. The monoisotopic (exact) mass is 196 g/mol. The van der Waals surface area contributed by atoms with Gasteiger partial charge in [0.2, 0.25) is 0 Å². The van der Waals surface area contributed by atoms with Crippen molar-refractivity contribution in [2.75, 3.05) is 0 Å². The fourth-order valence-corrected chi connectivity index (χ4v) is 2.03. The Labute approximate surface area is 88.2 Å². The van der Waals surface area contributed by atoms with Crippen molar-refractivity contribution < 1.29 is 5.11 Å². The average Bonchev–Trinajstić information content (AvgIpc) is 2.20. The van der Waals surface area contributed by atoms with Crippen LogP contribution in [0.5, 0.6) is 0 Å². The first-order valence-corrected chi connectivity index (χ1v) is 6.24. The number of aliphatic hydroxyl groups is 1. The van der Waals surface area contributed by atoms with Gasteiger partial charge < -0.3 is 5.11 Å². The highest BCUT2D eigenvalue weighted by atomic mass is 16.3. The molecule has 0 saturated heterocycles. The van der Waals surface area contributed by atoms with Crippen molar-refractivity contribution in [3.8, 4) is 0 Å². The van der Waals surface area contributed by atoms with Crippen molar-refractivity contribution in [3.05, 3.63) is 12.2 Å². The second-order valence-corrected chi connectivity index (χ2v) is 4.40. The minimum atomic E-state index is -0.184. The highest BCUT2D eigenvalue weighted by Gasteiger charge is 1.99. The molecule has 14 heavy (non-hydrogen) atoms. The highest BCUT2D eigenvalue weighted by molar-refractivity contribution is 4.88. The molecule has 0 aromatic carbocycles. The minimum absolute atomic E-state index is 0.184. The van der Waals surface area contributed by atoms with E-state index in [1.165, 1.54) is 51.4 Å². The first kappa shape index (κ1) is 11.8. The van der Waals surface area contributed by atoms with Crippen molar-refractivity contribution in [2.45, 2.75) is 70.3 Å². The molecule has 1 aliphatic rings. The third kappa shape index (κ3) is 6.20. The number of allylic oxidation sites excluding steroid dienone is 1. The van der Waals surface area contributed by atoms with E-state index in [1.54, 1.807) is 0 Å². The van der Waals surface area contributed by atoms with Gasteiger partial charge in [0.05, 0.1) is 6.10 Å². The lowest BCUT2D eigenvalue weighted by Gasteiger charge is -2.04. The normalized spacial score (nSPS) is 27.4. The predicted octanol–water partition coefficient (Wildman–Crippen LogP) is 3.82. The molecular formula is C13H24O. The summed E-state index contributed by atoms with van der Waals surface area (Å²) in [6.45, 7) is 0. The summed E-state index contributed by atoms with van der Waals surface area (Å²) in [4.78, 5) is 0. The van der Waals surface area contributed by atoms with E-state index < -0.39 is 0 Å². The van der Waals surface area contributed by atoms with Crippen LogP contribution < -0.4 is 0 Å². The van der Waals surface area contributed by atoms with Crippen molar-refractivity contribution in [2.24, 2.45) is 0 Å². The Morgan fingerprint density at radius 1 is 0.786 bits per heavy atom. The van der Waals surface area contributed by atoms with E-state index in [0.29, 0.717) is 0 Å². The molecule has 0 radical (unpaired) electrons. The molecule has 0 aliphatic heterocycles. The van der Waals surface area contributed by atoms with Crippen LogP contribution in [-0.4, -0.2) is 11.2 Å². The average molecular weight is 196 g/mol. The Bertz CT molecular complexity index is 151. The highest BCUT2D eigenvalue weighted by Crippen LogP contribution is 2.13. The molecule has 0 amide bonds. The summed E-state index contributed by atoms with van der Waals surface area (Å²) in [7, 11) is 0. The minimum Gasteiger partial charge on any atom is -0.389 e. The van der Waals surface area contributed by atoms with Crippen molar-refractivity contribution in [3.63, 3.8) is 0 Å². The summed E-state index contributed by atoms with van der Waals surface area (Å²) in [5.74, 6) is 0. The van der Waals surface area contributed by atoms with E-state index in [4.69, 9.17) is 0 Å². The second kappa shape index (κ2) is 8.05. The first-order valence-electron chi connectivity index (χ1n) is 6.24. The van der Waals surface area contributed by atoms with Crippen LogP contribution in [0.15, 0.2) is 12.2 Å². The maximum absolute atomic E-state index is 9.58. The van der Waals surface area contributed by atoms with Gasteiger partial charge in [0.1, 0.15) is 0 Å². The van der Waals surface area contributed by atoms with Gasteiger partial charge in [0, 0.05) is 0 Å². The van der Waals surface area contributed by atoms with Gasteiger partial charge in [-0.3, -0.25) is 0 Å². The van der Waals surface area contributed by atoms with Gasteiger partial charge in [-0.2, -0.15) is 0 Å². The fraction of sp³-hybridized carbons (Fsp3) is 0.846. The molecular weight excluding hydrogens is 172 g/mol. The lowest BCUT2D eigenvalue weighted by Crippen LogP contribution is -2.01. The van der Waals surface area contributed by atoms with Crippen molar-refractivity contribution in [1.29, 1.82) is 0 Å². The first-order chi connectivity index (χ1) is 6.89. The van der Waals surface area contributed by atoms with Crippen LogP contribution in [0.2, 0.25) is 0 Å². The Morgan fingerprint density at radius 2 is 1.36 bits per heavy atom. The molecule has 0 aromatic rings. The largest absolute Gasteiger partial charge is 0.389 e. The zero-order chi connectivity index (χ0) is 10.1. The SMILES string of the molecule is OC1C=CCCCCCCCCCC1. The zero-order valence-electron chi connectivity index (χ0n) is 9.25. The molecule has 1 nitrogen and oxygen atoms in total. The molecule has 1 aliphatic carbocycles. The van der Waals surface area contributed by atoms with Crippen LogP contribution in [0.25, 0.3) is 0 Å².